The first-order chi connectivity index (χ1) is 20.4. The molecule has 1 heterocycles. The van der Waals surface area contributed by atoms with Gasteiger partial charge >= 0.3 is 0 Å². The highest BCUT2D eigenvalue weighted by Crippen LogP contribution is 2.58. The molecular weight excluding hydrogens is 560 g/mol. The van der Waals surface area contributed by atoms with Crippen molar-refractivity contribution in [3.63, 3.8) is 0 Å². The monoisotopic (exact) mass is 618 g/mol. The number of hydrogen-bond acceptors (Lipinski definition) is 7. The van der Waals surface area contributed by atoms with Crippen LogP contribution < -0.4 is 21.7 Å². The Labute approximate surface area is 264 Å². The van der Waals surface area contributed by atoms with Gasteiger partial charge in [0, 0.05) is 26.3 Å². The quantitative estimate of drug-likeness (QED) is 0.152. The fourth-order valence-electron chi connectivity index (χ4n) is 6.80. The van der Waals surface area contributed by atoms with Crippen LogP contribution >= 0.6 is 0 Å². The lowest BCUT2D eigenvalue weighted by Gasteiger charge is -2.38. The third kappa shape index (κ3) is 8.59. The van der Waals surface area contributed by atoms with Gasteiger partial charge in [0.1, 0.15) is 6.04 Å². The van der Waals surface area contributed by atoms with Crippen LogP contribution in [0.3, 0.4) is 0 Å². The van der Waals surface area contributed by atoms with Crippen molar-refractivity contribution in [2.45, 2.75) is 118 Å². The Kier molecular flexibility index (Phi) is 11.7. The molecule has 1 aliphatic heterocycles. The van der Waals surface area contributed by atoms with Gasteiger partial charge in [0.15, 0.2) is 0 Å². The maximum absolute atomic E-state index is 14.3. The molecule has 44 heavy (non-hydrogen) atoms. The highest BCUT2D eigenvalue weighted by atomic mass is 16.2. The van der Waals surface area contributed by atoms with Crippen LogP contribution in [-0.2, 0) is 24.0 Å². The van der Waals surface area contributed by atoms with E-state index in [1.807, 2.05) is 48.5 Å². The first kappa shape index (κ1) is 35.9. The Morgan fingerprint density at radius 1 is 0.955 bits per heavy atom. The number of hydrogen-bond donors (Lipinski definition) is 4. The molecule has 250 valence electrons. The fourth-order valence-corrected chi connectivity index (χ4v) is 6.80. The number of carbonyl (C=O) groups excluding carboxylic acids is 5. The number of nitrogens with zero attached hydrogens (tertiary/aromatic N) is 2. The molecule has 0 aromatic rings. The van der Waals surface area contributed by atoms with E-state index in [0.717, 1.165) is 19.3 Å². The number of carbonyl (C=O) groups is 5. The fraction of sp³-hybridized carbons (Fsp3) is 0.848. The van der Waals surface area contributed by atoms with Crippen LogP contribution in [0, 0.1) is 40.9 Å². The zero-order valence-corrected chi connectivity index (χ0v) is 28.6. The predicted molar refractivity (Wildman–Crippen MR) is 170 cm³/mol. The van der Waals surface area contributed by atoms with Crippen molar-refractivity contribution in [1.82, 2.24) is 25.8 Å². The molecule has 4 amide bonds. The minimum atomic E-state index is -1.06. The average Bonchev–Trinajstić information content (AvgIpc) is 3.81. The summed E-state index contributed by atoms with van der Waals surface area (Å²) in [5.41, 5.74) is 4.84. The molecule has 11 heteroatoms. The lowest BCUT2D eigenvalue weighted by molar-refractivity contribution is -0.145. The van der Waals surface area contributed by atoms with E-state index in [1.165, 1.54) is 0 Å². The second-order valence-corrected chi connectivity index (χ2v) is 15.6. The summed E-state index contributed by atoms with van der Waals surface area (Å²) in [6.07, 6.45) is 3.26. The van der Waals surface area contributed by atoms with Gasteiger partial charge in [0.2, 0.25) is 23.5 Å². The summed E-state index contributed by atoms with van der Waals surface area (Å²) in [6.45, 7) is 18.9. The largest absolute Gasteiger partial charge is 0.363 e. The number of fused-ring (bicyclic) bond motifs is 1. The zero-order valence-electron chi connectivity index (χ0n) is 28.6. The summed E-state index contributed by atoms with van der Waals surface area (Å²) in [7, 11) is 1.79. The summed E-state index contributed by atoms with van der Waals surface area (Å²) in [5, 5.41) is 9.54. The number of Topliss-reactive ketones (excluding diaryl/α,β-unsaturated/α-hetero) is 1. The molecule has 3 rings (SSSR count). The molecule has 0 aromatic carbocycles. The number of ketones is 1. The molecule has 0 bridgehead atoms. The molecule has 0 radical (unpaired) electrons. The molecule has 0 aromatic heterocycles. The van der Waals surface area contributed by atoms with E-state index >= 15 is 0 Å². The summed E-state index contributed by atoms with van der Waals surface area (Å²) in [5.74, 6) is -1.06. The number of likely N-dealkylation sites (tertiary alicyclic amines) is 1. The third-order valence-electron chi connectivity index (χ3n) is 9.74. The molecule has 2 aliphatic carbocycles. The number of nitrogens with two attached hydrogens (primary N) is 1. The van der Waals surface area contributed by atoms with E-state index in [2.05, 4.69) is 29.8 Å². The van der Waals surface area contributed by atoms with E-state index in [-0.39, 0.29) is 54.1 Å². The Bertz CT molecular complexity index is 1080. The molecule has 1 saturated heterocycles. The lowest BCUT2D eigenvalue weighted by Crippen LogP contribution is -2.61. The molecule has 3 aliphatic rings. The van der Waals surface area contributed by atoms with Crippen LogP contribution in [-0.4, -0.2) is 89.7 Å². The average molecular weight is 619 g/mol. The van der Waals surface area contributed by atoms with Crippen molar-refractivity contribution < 1.29 is 24.0 Å². The molecule has 0 spiro atoms. The Morgan fingerprint density at radius 3 is 2.05 bits per heavy atom. The van der Waals surface area contributed by atoms with Gasteiger partial charge in [-0.25, -0.2) is 0 Å². The number of nitrogens with one attached hydrogen (secondary N) is 3. The van der Waals surface area contributed by atoms with Crippen LogP contribution in [0.1, 0.15) is 88.0 Å². The van der Waals surface area contributed by atoms with Crippen molar-refractivity contribution in [3.05, 3.63) is 0 Å². The number of primary amides is 1. The van der Waals surface area contributed by atoms with E-state index < -0.39 is 41.3 Å². The van der Waals surface area contributed by atoms with Gasteiger partial charge in [0.25, 0.3) is 5.91 Å². The highest BCUT2D eigenvalue weighted by Gasteiger charge is 2.64. The molecule has 2 unspecified atom stereocenters. The topological polar surface area (TPSA) is 154 Å². The van der Waals surface area contributed by atoms with Crippen molar-refractivity contribution in [2.75, 3.05) is 20.3 Å². The van der Waals surface area contributed by atoms with Crippen molar-refractivity contribution in [3.8, 4) is 0 Å². The normalized spacial score (nSPS) is 25.1. The number of rotatable bonds is 16. The second-order valence-electron chi connectivity index (χ2n) is 15.6. The van der Waals surface area contributed by atoms with E-state index in [1.54, 1.807) is 16.8 Å². The van der Waals surface area contributed by atoms with E-state index in [9.17, 15) is 24.0 Å². The number of likely N-dealkylation sites (N-methyl/N-ethyl adjacent to an activating group) is 1. The summed E-state index contributed by atoms with van der Waals surface area (Å²) >= 11 is 0. The smallest absolute Gasteiger partial charge is 0.287 e. The van der Waals surface area contributed by atoms with Gasteiger partial charge in [-0.15, -0.1) is 0 Å². The van der Waals surface area contributed by atoms with Gasteiger partial charge in [0.05, 0.1) is 18.1 Å². The summed E-state index contributed by atoms with van der Waals surface area (Å²) < 4.78 is 0. The third-order valence-corrected chi connectivity index (χ3v) is 9.74. The predicted octanol–water partition coefficient (Wildman–Crippen LogP) is 1.89. The molecule has 7 atom stereocenters. The standard InChI is InChI=1S/C33H58N6O5/c1-17(2)13-21-22-15-39(26(24(21)22)30(42)37-23(14-20-11-12-20)27(40)29(34)41)32(44)28(33(7,8)9)36-16-35-25(18(3)4)31(43)38(10)19(5)6/h17-26,28,35-36H,11-16H2,1-10H3,(H2,34,41)(H,37,42)/t21?,22-,23?,24+,25+,26+,28-/m1/s1. The van der Waals surface area contributed by atoms with Gasteiger partial charge in [-0.1, -0.05) is 61.3 Å². The van der Waals surface area contributed by atoms with Crippen molar-refractivity contribution in [1.29, 1.82) is 0 Å². The maximum atomic E-state index is 14.3. The van der Waals surface area contributed by atoms with Gasteiger partial charge in [-0.05, 0) is 67.6 Å². The molecule has 3 fully saturated rings. The summed E-state index contributed by atoms with van der Waals surface area (Å²) in [4.78, 5) is 69.2. The number of amides is 4. The van der Waals surface area contributed by atoms with Gasteiger partial charge in [-0.2, -0.15) is 0 Å². The maximum Gasteiger partial charge on any atom is 0.287 e. The van der Waals surface area contributed by atoms with Crippen LogP contribution in [0.5, 0.6) is 0 Å². The first-order valence-electron chi connectivity index (χ1n) is 16.5. The van der Waals surface area contributed by atoms with Crippen LogP contribution in [0.4, 0.5) is 0 Å². The molecule has 5 N–H and O–H groups in total. The van der Waals surface area contributed by atoms with E-state index in [4.69, 9.17) is 5.73 Å². The Hall–Kier alpha value is -2.53. The minimum absolute atomic E-state index is 0.00532. The van der Waals surface area contributed by atoms with Crippen LogP contribution in [0.2, 0.25) is 0 Å². The summed E-state index contributed by atoms with van der Waals surface area (Å²) in [6, 6.07) is -2.68. The van der Waals surface area contributed by atoms with Crippen LogP contribution in [0.25, 0.3) is 0 Å². The molecule has 11 nitrogen and oxygen atoms in total. The zero-order chi connectivity index (χ0) is 33.3. The van der Waals surface area contributed by atoms with Crippen molar-refractivity contribution in [2.24, 2.45) is 46.7 Å². The minimum Gasteiger partial charge on any atom is -0.363 e. The Morgan fingerprint density at radius 2 is 1.57 bits per heavy atom. The SMILES string of the molecule is CC(C)CC1[C@H]2[C@@H]1CN(C(=O)[C@@H](NCN[C@H](C(=O)N(C)C(C)C)C(C)C)C(C)(C)C)[C@@H]2C(=O)NC(CC1CC1)C(=O)C(N)=O. The Balaban J connectivity index is 1.80. The van der Waals surface area contributed by atoms with E-state index in [0.29, 0.717) is 24.8 Å². The molecular formula is C33H58N6O5. The van der Waals surface area contributed by atoms with Gasteiger partial charge < -0.3 is 20.9 Å². The van der Waals surface area contributed by atoms with Gasteiger partial charge in [-0.3, -0.25) is 34.6 Å². The number of piperidine rings is 1. The molecule has 2 saturated carbocycles. The lowest BCUT2D eigenvalue weighted by atomic mass is 9.85. The second kappa shape index (κ2) is 14.3. The van der Waals surface area contributed by atoms with Crippen molar-refractivity contribution >= 4 is 29.4 Å². The van der Waals surface area contributed by atoms with Crippen LogP contribution in [0.15, 0.2) is 0 Å². The first-order valence-corrected chi connectivity index (χ1v) is 16.5. The highest BCUT2D eigenvalue weighted by molar-refractivity contribution is 6.37.